The van der Waals surface area contributed by atoms with E-state index in [0.717, 1.165) is 6.26 Å². The first kappa shape index (κ1) is 18.9. The van der Waals surface area contributed by atoms with Crippen molar-refractivity contribution in [3.05, 3.63) is 35.9 Å². The number of rotatable bonds is 5. The average Bonchev–Trinajstić information content (AvgIpc) is 3.08. The summed E-state index contributed by atoms with van der Waals surface area (Å²) >= 11 is -2.18. The standard InChI is InChI=1S/C14H14N2O8S2/c1-26(19,20)16-14(8-15)10(22-13-11(14)23-25(18)24-13)7-21-12(17)9-5-3-2-4-6-9/h2-6,10-11,13,16H,7H2,1H3/t10-,11+,13-,14-,25?/m1/s1. The van der Waals surface area contributed by atoms with Crippen molar-refractivity contribution in [3.8, 4) is 6.07 Å². The lowest BCUT2D eigenvalue weighted by Crippen LogP contribution is -2.60. The third kappa shape index (κ3) is 3.63. The third-order valence-electron chi connectivity index (χ3n) is 3.77. The van der Waals surface area contributed by atoms with Crippen LogP contribution < -0.4 is 4.72 Å². The molecular formula is C14H14N2O8S2. The molecule has 3 rings (SSSR count). The molecule has 1 N–H and O–H groups in total. The third-order valence-corrected chi connectivity index (χ3v) is 5.19. The molecule has 0 aliphatic carbocycles. The highest BCUT2D eigenvalue weighted by atomic mass is 32.2. The van der Waals surface area contributed by atoms with Gasteiger partial charge in [-0.15, -0.1) is 0 Å². The highest BCUT2D eigenvalue weighted by molar-refractivity contribution is 7.88. The minimum Gasteiger partial charge on any atom is -0.459 e. The van der Waals surface area contributed by atoms with Crippen molar-refractivity contribution in [3.63, 3.8) is 0 Å². The lowest BCUT2D eigenvalue weighted by atomic mass is 9.91. The van der Waals surface area contributed by atoms with Crippen molar-refractivity contribution in [2.75, 3.05) is 12.9 Å². The summed E-state index contributed by atoms with van der Waals surface area (Å²) in [5.74, 6) is -0.678. The van der Waals surface area contributed by atoms with Crippen molar-refractivity contribution in [2.45, 2.75) is 24.0 Å². The van der Waals surface area contributed by atoms with Gasteiger partial charge >= 0.3 is 17.3 Å². The maximum absolute atomic E-state index is 12.1. The molecule has 140 valence electrons. The van der Waals surface area contributed by atoms with Crippen LogP contribution in [-0.4, -0.2) is 55.5 Å². The Labute approximate surface area is 151 Å². The molecule has 0 bridgehead atoms. The van der Waals surface area contributed by atoms with Gasteiger partial charge in [-0.05, 0) is 12.1 Å². The fourth-order valence-corrected chi connectivity index (χ4v) is 4.35. The molecular weight excluding hydrogens is 388 g/mol. The lowest BCUT2D eigenvalue weighted by molar-refractivity contribution is -0.0856. The quantitative estimate of drug-likeness (QED) is 0.637. The highest BCUT2D eigenvalue weighted by Crippen LogP contribution is 2.39. The number of hydrogen-bond acceptors (Lipinski definition) is 9. The summed E-state index contributed by atoms with van der Waals surface area (Å²) in [4.78, 5) is 12.1. The second-order valence-electron chi connectivity index (χ2n) is 5.63. The van der Waals surface area contributed by atoms with E-state index in [1.165, 1.54) is 12.1 Å². The molecule has 26 heavy (non-hydrogen) atoms. The van der Waals surface area contributed by atoms with Crippen LogP contribution in [0.2, 0.25) is 0 Å². The number of benzene rings is 1. The molecule has 0 radical (unpaired) electrons. The van der Waals surface area contributed by atoms with Crippen molar-refractivity contribution in [2.24, 2.45) is 0 Å². The Hall–Kier alpha value is -1.88. The SMILES string of the molecule is CS(=O)(=O)N[C@]1(C#N)[C@@H](COC(=O)c2ccccc2)O[C@@H]2OS(=O)O[C@@H]21. The van der Waals surface area contributed by atoms with Gasteiger partial charge < -0.3 is 9.47 Å². The Bertz CT molecular complexity index is 869. The molecule has 0 saturated carbocycles. The molecule has 1 aromatic carbocycles. The van der Waals surface area contributed by atoms with E-state index in [-0.39, 0.29) is 5.56 Å². The van der Waals surface area contributed by atoms with Crippen LogP contribution in [0.1, 0.15) is 10.4 Å². The van der Waals surface area contributed by atoms with Crippen LogP contribution in [0.15, 0.2) is 30.3 Å². The number of nitrogens with zero attached hydrogens (tertiary/aromatic N) is 1. The molecule has 1 aromatic rings. The molecule has 0 spiro atoms. The maximum atomic E-state index is 12.1. The molecule has 12 heteroatoms. The van der Waals surface area contributed by atoms with Crippen molar-refractivity contribution < 1.29 is 35.3 Å². The smallest absolute Gasteiger partial charge is 0.338 e. The molecule has 1 unspecified atom stereocenters. The van der Waals surface area contributed by atoms with Crippen LogP contribution in [0.25, 0.3) is 0 Å². The maximum Gasteiger partial charge on any atom is 0.338 e. The number of fused-ring (bicyclic) bond motifs is 1. The summed E-state index contributed by atoms with van der Waals surface area (Å²) in [6.45, 7) is -0.448. The number of sulfonamides is 1. The summed E-state index contributed by atoms with van der Waals surface area (Å²) < 4.78 is 57.4. The summed E-state index contributed by atoms with van der Waals surface area (Å²) in [6.07, 6.45) is -2.92. The van der Waals surface area contributed by atoms with Gasteiger partial charge in [0.15, 0.2) is 11.6 Å². The molecule has 10 nitrogen and oxygen atoms in total. The molecule has 0 amide bonds. The molecule has 2 fully saturated rings. The van der Waals surface area contributed by atoms with Crippen molar-refractivity contribution in [1.82, 2.24) is 4.72 Å². The van der Waals surface area contributed by atoms with Crippen LogP contribution in [0, 0.1) is 11.3 Å². The Morgan fingerprint density at radius 1 is 1.38 bits per heavy atom. The van der Waals surface area contributed by atoms with Gasteiger partial charge in [0.1, 0.15) is 12.7 Å². The van der Waals surface area contributed by atoms with E-state index in [4.69, 9.17) is 17.8 Å². The Morgan fingerprint density at radius 2 is 2.08 bits per heavy atom. The molecule has 2 saturated heterocycles. The molecule has 2 aliphatic heterocycles. The number of carbonyl (C=O) groups excluding carboxylic acids is 1. The Morgan fingerprint density at radius 3 is 2.69 bits per heavy atom. The molecule has 5 atom stereocenters. The summed E-state index contributed by atoms with van der Waals surface area (Å²) in [6, 6.07) is 9.89. The van der Waals surface area contributed by atoms with Crippen LogP contribution in [0.5, 0.6) is 0 Å². The van der Waals surface area contributed by atoms with E-state index in [1.807, 2.05) is 0 Å². The zero-order valence-electron chi connectivity index (χ0n) is 13.4. The molecule has 2 heterocycles. The monoisotopic (exact) mass is 402 g/mol. The number of carbonyl (C=O) groups is 1. The van der Waals surface area contributed by atoms with Gasteiger partial charge in [-0.1, -0.05) is 18.2 Å². The topological polar surface area (TPSA) is 141 Å². The Kier molecular flexibility index (Phi) is 5.11. The number of nitriles is 1. The van der Waals surface area contributed by atoms with Gasteiger partial charge in [-0.2, -0.15) is 14.2 Å². The van der Waals surface area contributed by atoms with Crippen LogP contribution in [-0.2, 0) is 39.2 Å². The normalized spacial score (nSPS) is 33.4. The second-order valence-corrected chi connectivity index (χ2v) is 8.17. The van der Waals surface area contributed by atoms with Crippen LogP contribution >= 0.6 is 0 Å². The minimum atomic E-state index is -3.89. The van der Waals surface area contributed by atoms with Gasteiger partial charge in [0.2, 0.25) is 16.3 Å². The predicted molar refractivity (Wildman–Crippen MR) is 85.8 cm³/mol. The molecule has 2 aliphatic rings. The first-order valence-corrected chi connectivity index (χ1v) is 10.2. The van der Waals surface area contributed by atoms with Crippen molar-refractivity contribution >= 4 is 27.4 Å². The lowest BCUT2D eigenvalue weighted by Gasteiger charge is -2.29. The predicted octanol–water partition coefficient (Wildman–Crippen LogP) is -0.626. The van der Waals surface area contributed by atoms with Gasteiger partial charge in [0, 0.05) is 0 Å². The van der Waals surface area contributed by atoms with Crippen LogP contribution in [0.3, 0.4) is 0 Å². The summed E-state index contributed by atoms with van der Waals surface area (Å²) in [5.41, 5.74) is -1.69. The van der Waals surface area contributed by atoms with E-state index in [2.05, 4.69) is 4.72 Å². The number of esters is 1. The number of hydrogen-bond donors (Lipinski definition) is 1. The van der Waals surface area contributed by atoms with Crippen molar-refractivity contribution in [1.29, 1.82) is 5.26 Å². The molecule has 0 aromatic heterocycles. The number of ether oxygens (including phenoxy) is 2. The van der Waals surface area contributed by atoms with Gasteiger partial charge in [-0.25, -0.2) is 17.4 Å². The van der Waals surface area contributed by atoms with Crippen LogP contribution in [0.4, 0.5) is 0 Å². The largest absolute Gasteiger partial charge is 0.459 e. The van der Waals surface area contributed by atoms with E-state index < -0.39 is 58.0 Å². The number of nitrogens with one attached hydrogen (secondary N) is 1. The summed E-state index contributed by atoms with van der Waals surface area (Å²) in [5, 5.41) is 9.63. The van der Waals surface area contributed by atoms with Gasteiger partial charge in [-0.3, -0.25) is 4.18 Å². The zero-order valence-corrected chi connectivity index (χ0v) is 15.0. The highest BCUT2D eigenvalue weighted by Gasteiger charge is 2.65. The van der Waals surface area contributed by atoms with Gasteiger partial charge in [0.25, 0.3) is 0 Å². The summed E-state index contributed by atoms with van der Waals surface area (Å²) in [7, 11) is -3.89. The van der Waals surface area contributed by atoms with E-state index in [0.29, 0.717) is 0 Å². The van der Waals surface area contributed by atoms with Gasteiger partial charge in [0.05, 0.1) is 17.9 Å². The Balaban J connectivity index is 1.82. The first-order valence-electron chi connectivity index (χ1n) is 7.29. The fraction of sp³-hybridized carbons (Fsp3) is 0.429. The average molecular weight is 402 g/mol. The van der Waals surface area contributed by atoms with E-state index in [9.17, 15) is 22.7 Å². The zero-order chi connectivity index (χ0) is 18.9. The fourth-order valence-electron chi connectivity index (χ4n) is 2.69. The second kappa shape index (κ2) is 7.03. The van der Waals surface area contributed by atoms with E-state index >= 15 is 0 Å². The minimum absolute atomic E-state index is 0.276. The first-order chi connectivity index (χ1) is 12.2. The van der Waals surface area contributed by atoms with E-state index in [1.54, 1.807) is 24.3 Å².